The highest BCUT2D eigenvalue weighted by atomic mass is 16.2. The number of pyridine rings is 1. The van der Waals surface area contributed by atoms with Gasteiger partial charge in [0.15, 0.2) is 0 Å². The summed E-state index contributed by atoms with van der Waals surface area (Å²) >= 11 is 0. The summed E-state index contributed by atoms with van der Waals surface area (Å²) in [5.74, 6) is 0.0242. The standard InChI is InChI=1S/C18H25N5O2/c1-13(24)19-11-16-7-6-15(22(16)2)9-18(25)20-10-14-12-23-8-4-3-5-17(23)21-14/h3-5,8,12,15-16H,6-7,9-11H2,1-2H3,(H,19,24)(H,20,25)/t15-,16+/m0/s1. The van der Waals surface area contributed by atoms with E-state index >= 15 is 0 Å². The molecule has 0 radical (unpaired) electrons. The van der Waals surface area contributed by atoms with Gasteiger partial charge in [-0.3, -0.25) is 14.5 Å². The van der Waals surface area contributed by atoms with Crippen molar-refractivity contribution in [1.82, 2.24) is 24.9 Å². The molecule has 1 saturated heterocycles. The molecule has 7 nitrogen and oxygen atoms in total. The van der Waals surface area contributed by atoms with E-state index in [1.165, 1.54) is 6.92 Å². The first kappa shape index (κ1) is 17.4. The first-order chi connectivity index (χ1) is 12.0. The number of aromatic nitrogens is 2. The Morgan fingerprint density at radius 1 is 1.24 bits per heavy atom. The van der Waals surface area contributed by atoms with Crippen LogP contribution in [0.15, 0.2) is 30.6 Å². The third-order valence-corrected chi connectivity index (χ3v) is 4.87. The maximum absolute atomic E-state index is 12.3. The fraction of sp³-hybridized carbons (Fsp3) is 0.500. The largest absolute Gasteiger partial charge is 0.355 e. The van der Waals surface area contributed by atoms with Gasteiger partial charge in [-0.2, -0.15) is 0 Å². The van der Waals surface area contributed by atoms with Gasteiger partial charge < -0.3 is 15.0 Å². The Labute approximate surface area is 147 Å². The SMILES string of the molecule is CC(=O)NC[C@H]1CC[C@@H](CC(=O)NCc2cn3ccccc3n2)N1C. The Morgan fingerprint density at radius 2 is 2.04 bits per heavy atom. The van der Waals surface area contributed by atoms with E-state index in [0.717, 1.165) is 24.2 Å². The number of amides is 2. The zero-order valence-electron chi connectivity index (χ0n) is 14.7. The maximum Gasteiger partial charge on any atom is 0.221 e. The molecule has 2 aromatic rings. The van der Waals surface area contributed by atoms with Gasteiger partial charge in [-0.1, -0.05) is 6.07 Å². The van der Waals surface area contributed by atoms with Crippen LogP contribution in [0.4, 0.5) is 0 Å². The second-order valence-electron chi connectivity index (χ2n) is 6.67. The number of nitrogens with one attached hydrogen (secondary N) is 2. The molecule has 2 N–H and O–H groups in total. The minimum absolute atomic E-state index is 0.0120. The minimum Gasteiger partial charge on any atom is -0.355 e. The smallest absolute Gasteiger partial charge is 0.221 e. The predicted octanol–water partition coefficient (Wildman–Crippen LogP) is 0.940. The molecule has 0 spiro atoms. The maximum atomic E-state index is 12.3. The molecule has 0 aliphatic carbocycles. The number of fused-ring (bicyclic) bond motifs is 1. The third kappa shape index (κ3) is 4.36. The predicted molar refractivity (Wildman–Crippen MR) is 94.9 cm³/mol. The van der Waals surface area contributed by atoms with E-state index in [0.29, 0.717) is 25.6 Å². The molecule has 2 amide bonds. The van der Waals surface area contributed by atoms with Crippen LogP contribution in [0.1, 0.15) is 31.9 Å². The average Bonchev–Trinajstić information content (AvgIpc) is 3.15. The molecule has 3 heterocycles. The lowest BCUT2D eigenvalue weighted by atomic mass is 10.1. The lowest BCUT2D eigenvalue weighted by Crippen LogP contribution is -2.41. The molecule has 2 aromatic heterocycles. The molecule has 0 unspecified atom stereocenters. The fourth-order valence-corrected chi connectivity index (χ4v) is 3.39. The molecule has 0 saturated carbocycles. The van der Waals surface area contributed by atoms with Crippen LogP contribution >= 0.6 is 0 Å². The fourth-order valence-electron chi connectivity index (χ4n) is 3.39. The Bertz CT molecular complexity index is 724. The van der Waals surface area contributed by atoms with Crippen LogP contribution in [0, 0.1) is 0 Å². The summed E-state index contributed by atoms with van der Waals surface area (Å²) in [6.07, 6.45) is 6.32. The number of hydrogen-bond acceptors (Lipinski definition) is 4. The average molecular weight is 343 g/mol. The van der Waals surface area contributed by atoms with Crippen molar-refractivity contribution in [3.05, 3.63) is 36.3 Å². The molecule has 0 aromatic carbocycles. The zero-order valence-corrected chi connectivity index (χ0v) is 14.7. The molecule has 1 aliphatic heterocycles. The summed E-state index contributed by atoms with van der Waals surface area (Å²) in [6, 6.07) is 6.36. The minimum atomic E-state index is -0.0120. The van der Waals surface area contributed by atoms with E-state index < -0.39 is 0 Å². The van der Waals surface area contributed by atoms with Gasteiger partial charge in [0.25, 0.3) is 0 Å². The van der Waals surface area contributed by atoms with Gasteiger partial charge in [0.1, 0.15) is 5.65 Å². The zero-order chi connectivity index (χ0) is 17.8. The van der Waals surface area contributed by atoms with Crippen molar-refractivity contribution in [2.24, 2.45) is 0 Å². The van der Waals surface area contributed by atoms with Crippen molar-refractivity contribution in [3.8, 4) is 0 Å². The Hall–Kier alpha value is -2.41. The van der Waals surface area contributed by atoms with Crippen molar-refractivity contribution in [1.29, 1.82) is 0 Å². The summed E-state index contributed by atoms with van der Waals surface area (Å²) in [7, 11) is 2.03. The van der Waals surface area contributed by atoms with Crippen LogP contribution in [-0.2, 0) is 16.1 Å². The summed E-state index contributed by atoms with van der Waals surface area (Å²) in [5, 5.41) is 5.82. The normalized spacial score (nSPS) is 20.7. The number of likely N-dealkylation sites (tertiary alicyclic amines) is 1. The quantitative estimate of drug-likeness (QED) is 0.818. The number of imidazole rings is 1. The van der Waals surface area contributed by atoms with Crippen LogP contribution in [-0.4, -0.2) is 51.8 Å². The monoisotopic (exact) mass is 343 g/mol. The molecular weight excluding hydrogens is 318 g/mol. The highest BCUT2D eigenvalue weighted by Gasteiger charge is 2.31. The number of rotatable bonds is 6. The molecule has 1 aliphatic rings. The second kappa shape index (κ2) is 7.65. The van der Waals surface area contributed by atoms with E-state index in [1.807, 2.05) is 42.0 Å². The van der Waals surface area contributed by atoms with E-state index in [2.05, 4.69) is 20.5 Å². The second-order valence-corrected chi connectivity index (χ2v) is 6.67. The van der Waals surface area contributed by atoms with Crippen molar-refractivity contribution < 1.29 is 9.59 Å². The molecule has 1 fully saturated rings. The van der Waals surface area contributed by atoms with E-state index in [9.17, 15) is 9.59 Å². The lowest BCUT2D eigenvalue weighted by molar-refractivity contribution is -0.122. The first-order valence-electron chi connectivity index (χ1n) is 8.68. The first-order valence-corrected chi connectivity index (χ1v) is 8.68. The van der Waals surface area contributed by atoms with Crippen LogP contribution in [0.3, 0.4) is 0 Å². The van der Waals surface area contributed by atoms with Gasteiger partial charge in [-0.15, -0.1) is 0 Å². The van der Waals surface area contributed by atoms with Crippen molar-refractivity contribution in [2.45, 2.75) is 44.8 Å². The number of likely N-dealkylation sites (N-methyl/N-ethyl adjacent to an activating group) is 1. The summed E-state index contributed by atoms with van der Waals surface area (Å²) < 4.78 is 1.94. The van der Waals surface area contributed by atoms with Gasteiger partial charge >= 0.3 is 0 Å². The lowest BCUT2D eigenvalue weighted by Gasteiger charge is -2.25. The molecule has 134 valence electrons. The van der Waals surface area contributed by atoms with Crippen LogP contribution in [0.25, 0.3) is 5.65 Å². The third-order valence-electron chi connectivity index (χ3n) is 4.87. The molecule has 0 bridgehead atoms. The Balaban J connectivity index is 1.47. The van der Waals surface area contributed by atoms with Gasteiger partial charge in [0.05, 0.1) is 12.2 Å². The topological polar surface area (TPSA) is 78.7 Å². The van der Waals surface area contributed by atoms with Crippen LogP contribution < -0.4 is 10.6 Å². The molecule has 3 rings (SSSR count). The summed E-state index contributed by atoms with van der Waals surface area (Å²) in [6.45, 7) is 2.61. The molecular formula is C18H25N5O2. The summed E-state index contributed by atoms with van der Waals surface area (Å²) in [4.78, 5) is 30.0. The van der Waals surface area contributed by atoms with E-state index in [4.69, 9.17) is 0 Å². The van der Waals surface area contributed by atoms with Gasteiger partial charge in [0, 0.05) is 44.4 Å². The highest BCUT2D eigenvalue weighted by Crippen LogP contribution is 2.24. The van der Waals surface area contributed by atoms with Gasteiger partial charge in [-0.25, -0.2) is 4.98 Å². The Kier molecular flexibility index (Phi) is 5.33. The number of carbonyl (C=O) groups is 2. The number of nitrogens with zero attached hydrogens (tertiary/aromatic N) is 3. The van der Waals surface area contributed by atoms with Gasteiger partial charge in [0.2, 0.25) is 11.8 Å². The van der Waals surface area contributed by atoms with Gasteiger partial charge in [-0.05, 0) is 32.0 Å². The van der Waals surface area contributed by atoms with E-state index in [-0.39, 0.29) is 17.9 Å². The number of carbonyl (C=O) groups excluding carboxylic acids is 2. The molecule has 2 atom stereocenters. The summed E-state index contributed by atoms with van der Waals surface area (Å²) in [5.41, 5.74) is 1.73. The molecule has 7 heteroatoms. The van der Waals surface area contributed by atoms with E-state index in [1.54, 1.807) is 0 Å². The van der Waals surface area contributed by atoms with Crippen LogP contribution in [0.2, 0.25) is 0 Å². The van der Waals surface area contributed by atoms with Crippen molar-refractivity contribution in [2.75, 3.05) is 13.6 Å². The number of hydrogen-bond donors (Lipinski definition) is 2. The van der Waals surface area contributed by atoms with Crippen LogP contribution in [0.5, 0.6) is 0 Å². The van der Waals surface area contributed by atoms with Crippen molar-refractivity contribution in [3.63, 3.8) is 0 Å². The highest BCUT2D eigenvalue weighted by molar-refractivity contribution is 5.76. The molecule has 25 heavy (non-hydrogen) atoms. The Morgan fingerprint density at radius 3 is 2.80 bits per heavy atom. The van der Waals surface area contributed by atoms with Crippen molar-refractivity contribution >= 4 is 17.5 Å².